The average molecular weight is 197 g/mol. The highest BCUT2D eigenvalue weighted by Gasteiger charge is 2.18. The molecule has 3 heteroatoms. The van der Waals surface area contributed by atoms with Crippen LogP contribution < -0.4 is 0 Å². The van der Waals surface area contributed by atoms with E-state index in [1.54, 1.807) is 6.08 Å². The third-order valence-electron chi connectivity index (χ3n) is 2.59. The van der Waals surface area contributed by atoms with Crippen LogP contribution in [0.15, 0.2) is 11.6 Å². The summed E-state index contributed by atoms with van der Waals surface area (Å²) < 4.78 is 4.89. The lowest BCUT2D eigenvalue weighted by molar-refractivity contribution is -0.137. The first-order chi connectivity index (χ1) is 6.63. The van der Waals surface area contributed by atoms with Crippen LogP contribution in [0, 0.1) is 5.92 Å². The van der Waals surface area contributed by atoms with Crippen LogP contribution in [0.4, 0.5) is 0 Å². The number of esters is 1. The first-order valence-corrected chi connectivity index (χ1v) is 5.19. The molecule has 0 aromatic carbocycles. The van der Waals surface area contributed by atoms with Gasteiger partial charge in [0.15, 0.2) is 0 Å². The van der Waals surface area contributed by atoms with Gasteiger partial charge in [0.1, 0.15) is 0 Å². The molecule has 1 rings (SSSR count). The number of likely N-dealkylation sites (tertiary alicyclic amines) is 1. The van der Waals surface area contributed by atoms with Crippen molar-refractivity contribution in [2.45, 2.75) is 20.3 Å². The van der Waals surface area contributed by atoms with E-state index in [4.69, 9.17) is 4.74 Å². The van der Waals surface area contributed by atoms with Gasteiger partial charge >= 0.3 is 5.97 Å². The molecule has 0 aliphatic carbocycles. The molecule has 1 aliphatic heterocycles. The zero-order valence-electron chi connectivity index (χ0n) is 9.25. The molecule has 1 atom stereocenters. The number of rotatable bonds is 2. The summed E-state index contributed by atoms with van der Waals surface area (Å²) in [5.41, 5.74) is 1.22. The van der Waals surface area contributed by atoms with Gasteiger partial charge in [-0.15, -0.1) is 0 Å². The van der Waals surface area contributed by atoms with Crippen LogP contribution in [0.25, 0.3) is 0 Å². The Labute approximate surface area is 85.7 Å². The van der Waals surface area contributed by atoms with Crippen LogP contribution >= 0.6 is 0 Å². The lowest BCUT2D eigenvalue weighted by atomic mass is 9.93. The number of carbonyl (C=O) groups excluding carboxylic acids is 1. The summed E-state index contributed by atoms with van der Waals surface area (Å²) in [6, 6.07) is 0. The zero-order chi connectivity index (χ0) is 10.6. The molecule has 0 spiro atoms. The van der Waals surface area contributed by atoms with Crippen LogP contribution in [-0.2, 0) is 9.53 Å². The summed E-state index contributed by atoms with van der Waals surface area (Å²) in [5.74, 6) is 0.275. The molecule has 0 aromatic rings. The number of nitrogens with zero attached hydrogens (tertiary/aromatic N) is 1. The Balaban J connectivity index is 2.54. The highest BCUT2D eigenvalue weighted by Crippen LogP contribution is 2.21. The molecule has 0 N–H and O–H groups in total. The molecule has 14 heavy (non-hydrogen) atoms. The molecule has 0 saturated carbocycles. The van der Waals surface area contributed by atoms with Gasteiger partial charge < -0.3 is 9.64 Å². The summed E-state index contributed by atoms with van der Waals surface area (Å²) in [5, 5.41) is 0. The lowest BCUT2D eigenvalue weighted by Crippen LogP contribution is -2.32. The van der Waals surface area contributed by atoms with E-state index >= 15 is 0 Å². The fourth-order valence-electron chi connectivity index (χ4n) is 1.79. The molecule has 1 aliphatic rings. The zero-order valence-corrected chi connectivity index (χ0v) is 9.25. The van der Waals surface area contributed by atoms with Crippen LogP contribution in [0.2, 0.25) is 0 Å². The lowest BCUT2D eigenvalue weighted by Gasteiger charge is -2.29. The fourth-order valence-corrected chi connectivity index (χ4v) is 1.79. The summed E-state index contributed by atoms with van der Waals surface area (Å²) in [6.07, 6.45) is 2.65. The molecule has 0 radical (unpaired) electrons. The van der Waals surface area contributed by atoms with E-state index < -0.39 is 0 Å². The van der Waals surface area contributed by atoms with E-state index in [1.807, 2.05) is 6.92 Å². The van der Waals surface area contributed by atoms with Gasteiger partial charge in [-0.2, -0.15) is 0 Å². The smallest absolute Gasteiger partial charge is 0.330 e. The van der Waals surface area contributed by atoms with Crippen molar-refractivity contribution in [2.75, 3.05) is 26.7 Å². The SMILES string of the molecule is CCOC(=O)/C=C1/CCN(C)CC1C. The van der Waals surface area contributed by atoms with E-state index in [0.29, 0.717) is 12.5 Å². The predicted octanol–water partition coefficient (Wildman–Crippen LogP) is 1.45. The van der Waals surface area contributed by atoms with Gasteiger partial charge in [0.2, 0.25) is 0 Å². The van der Waals surface area contributed by atoms with Crippen molar-refractivity contribution in [1.29, 1.82) is 0 Å². The van der Waals surface area contributed by atoms with Crippen molar-refractivity contribution < 1.29 is 9.53 Å². The molecular weight excluding hydrogens is 178 g/mol. The molecule has 1 heterocycles. The van der Waals surface area contributed by atoms with Crippen LogP contribution in [-0.4, -0.2) is 37.6 Å². The third-order valence-corrected chi connectivity index (χ3v) is 2.59. The van der Waals surface area contributed by atoms with Crippen LogP contribution in [0.1, 0.15) is 20.3 Å². The maximum atomic E-state index is 11.2. The molecule has 1 unspecified atom stereocenters. The predicted molar refractivity (Wildman–Crippen MR) is 56.0 cm³/mol. The summed E-state index contributed by atoms with van der Waals surface area (Å²) in [4.78, 5) is 13.5. The van der Waals surface area contributed by atoms with E-state index in [0.717, 1.165) is 19.5 Å². The summed E-state index contributed by atoms with van der Waals surface area (Å²) in [6.45, 7) is 6.51. The van der Waals surface area contributed by atoms with Gasteiger partial charge in [0, 0.05) is 19.2 Å². The number of ether oxygens (including phenoxy) is 1. The Hall–Kier alpha value is -0.830. The van der Waals surface area contributed by atoms with Gasteiger partial charge in [0.25, 0.3) is 0 Å². The minimum Gasteiger partial charge on any atom is -0.463 e. The normalized spacial score (nSPS) is 26.5. The number of piperidine rings is 1. The highest BCUT2D eigenvalue weighted by molar-refractivity contribution is 5.82. The fraction of sp³-hybridized carbons (Fsp3) is 0.727. The van der Waals surface area contributed by atoms with Crippen molar-refractivity contribution >= 4 is 5.97 Å². The van der Waals surface area contributed by atoms with Crippen molar-refractivity contribution in [3.05, 3.63) is 11.6 Å². The van der Waals surface area contributed by atoms with E-state index in [1.165, 1.54) is 5.57 Å². The van der Waals surface area contributed by atoms with Gasteiger partial charge in [-0.25, -0.2) is 4.79 Å². The third kappa shape index (κ3) is 3.14. The molecule has 1 saturated heterocycles. The van der Waals surface area contributed by atoms with Gasteiger partial charge in [-0.05, 0) is 26.3 Å². The Morgan fingerprint density at radius 3 is 3.00 bits per heavy atom. The topological polar surface area (TPSA) is 29.5 Å². The van der Waals surface area contributed by atoms with Crippen LogP contribution in [0.3, 0.4) is 0 Å². The molecule has 1 fully saturated rings. The second kappa shape index (κ2) is 5.15. The monoisotopic (exact) mass is 197 g/mol. The molecule has 0 bridgehead atoms. The Bertz CT molecular complexity index is 235. The van der Waals surface area contributed by atoms with E-state index in [-0.39, 0.29) is 5.97 Å². The average Bonchev–Trinajstić information content (AvgIpc) is 2.10. The van der Waals surface area contributed by atoms with Gasteiger partial charge in [0.05, 0.1) is 6.61 Å². The Morgan fingerprint density at radius 1 is 1.71 bits per heavy atom. The highest BCUT2D eigenvalue weighted by atomic mass is 16.5. The summed E-state index contributed by atoms with van der Waals surface area (Å²) in [7, 11) is 2.11. The van der Waals surface area contributed by atoms with Crippen LogP contribution in [0.5, 0.6) is 0 Å². The van der Waals surface area contributed by atoms with Gasteiger partial charge in [-0.1, -0.05) is 12.5 Å². The Morgan fingerprint density at radius 2 is 2.43 bits per heavy atom. The molecular formula is C11H19NO2. The maximum absolute atomic E-state index is 11.2. The minimum absolute atomic E-state index is 0.195. The standard InChI is InChI=1S/C11H19NO2/c1-4-14-11(13)7-10-5-6-12(3)8-9(10)2/h7,9H,4-6,8H2,1-3H3/b10-7-. The quantitative estimate of drug-likeness (QED) is 0.495. The van der Waals surface area contributed by atoms with Crippen molar-refractivity contribution in [2.24, 2.45) is 5.92 Å². The number of carbonyl (C=O) groups is 1. The molecule has 0 amide bonds. The van der Waals surface area contributed by atoms with E-state index in [9.17, 15) is 4.79 Å². The maximum Gasteiger partial charge on any atom is 0.330 e. The largest absolute Gasteiger partial charge is 0.463 e. The number of hydrogen-bond donors (Lipinski definition) is 0. The first-order valence-electron chi connectivity index (χ1n) is 5.19. The minimum atomic E-state index is -0.195. The van der Waals surface area contributed by atoms with Gasteiger partial charge in [-0.3, -0.25) is 0 Å². The molecule has 80 valence electrons. The second-order valence-electron chi connectivity index (χ2n) is 3.88. The summed E-state index contributed by atoms with van der Waals surface area (Å²) >= 11 is 0. The van der Waals surface area contributed by atoms with Crippen molar-refractivity contribution in [3.63, 3.8) is 0 Å². The molecule has 3 nitrogen and oxygen atoms in total. The number of hydrogen-bond acceptors (Lipinski definition) is 3. The first kappa shape index (κ1) is 11.2. The molecule has 0 aromatic heterocycles. The van der Waals surface area contributed by atoms with E-state index in [2.05, 4.69) is 18.9 Å². The van der Waals surface area contributed by atoms with Crippen molar-refractivity contribution in [3.8, 4) is 0 Å². The second-order valence-corrected chi connectivity index (χ2v) is 3.88. The Kier molecular flexibility index (Phi) is 4.14. The van der Waals surface area contributed by atoms with Crippen molar-refractivity contribution in [1.82, 2.24) is 4.90 Å².